The summed E-state index contributed by atoms with van der Waals surface area (Å²) in [5.74, 6) is 1.03. The number of hydrogen-bond donors (Lipinski definition) is 1. The predicted octanol–water partition coefficient (Wildman–Crippen LogP) is 4.31. The van der Waals surface area contributed by atoms with Gasteiger partial charge in [-0.25, -0.2) is 4.98 Å². The Morgan fingerprint density at radius 1 is 1.38 bits per heavy atom. The maximum Gasteiger partial charge on any atom is 0.265 e. The van der Waals surface area contributed by atoms with Crippen LogP contribution in [-0.2, 0) is 0 Å². The molecule has 2 aromatic rings. The second-order valence-electron chi connectivity index (χ2n) is 5.88. The number of aromatic amines is 1. The largest absolute Gasteiger partial charge is 0.493 e. The van der Waals surface area contributed by atoms with E-state index >= 15 is 0 Å². The molecule has 0 radical (unpaired) electrons. The molecule has 0 aliphatic heterocycles. The van der Waals surface area contributed by atoms with Crippen molar-refractivity contribution in [2.45, 2.75) is 40.0 Å². The molecule has 0 amide bonds. The van der Waals surface area contributed by atoms with E-state index in [1.165, 1.54) is 6.92 Å². The number of nitrogens with zero attached hydrogens (tertiary/aromatic N) is 1. The van der Waals surface area contributed by atoms with Crippen LogP contribution in [0.3, 0.4) is 0 Å². The summed E-state index contributed by atoms with van der Waals surface area (Å²) in [6, 6.07) is 5.18. The summed E-state index contributed by atoms with van der Waals surface area (Å²) in [6.45, 7) is 8.00. The Morgan fingerprint density at radius 2 is 2.08 bits per heavy atom. The predicted molar refractivity (Wildman–Crippen MR) is 97.9 cm³/mol. The van der Waals surface area contributed by atoms with Gasteiger partial charge in [0.15, 0.2) is 5.78 Å². The minimum atomic E-state index is -0.252. The number of aromatic nitrogens is 2. The van der Waals surface area contributed by atoms with Crippen molar-refractivity contribution in [3.05, 3.63) is 44.3 Å². The number of H-pyrrole nitrogens is 1. The van der Waals surface area contributed by atoms with E-state index in [1.807, 2.05) is 20.8 Å². The Kier molecular flexibility index (Phi) is 5.94. The van der Waals surface area contributed by atoms with Gasteiger partial charge in [-0.3, -0.25) is 9.59 Å². The summed E-state index contributed by atoms with van der Waals surface area (Å²) in [5.41, 5.74) is 1.58. The molecule has 0 unspecified atom stereocenters. The van der Waals surface area contributed by atoms with Crippen LogP contribution in [0.4, 0.5) is 0 Å². The molecule has 2 rings (SSSR count). The van der Waals surface area contributed by atoms with Gasteiger partial charge in [0, 0.05) is 5.56 Å². The van der Waals surface area contributed by atoms with E-state index in [0.717, 1.165) is 6.42 Å². The van der Waals surface area contributed by atoms with Gasteiger partial charge in [-0.2, -0.15) is 0 Å². The van der Waals surface area contributed by atoms with Crippen molar-refractivity contribution < 1.29 is 9.53 Å². The second kappa shape index (κ2) is 7.75. The Bertz CT molecular complexity index is 812. The van der Waals surface area contributed by atoms with Crippen molar-refractivity contribution in [1.82, 2.24) is 9.97 Å². The third kappa shape index (κ3) is 3.93. The summed E-state index contributed by atoms with van der Waals surface area (Å²) in [4.78, 5) is 31.3. The highest BCUT2D eigenvalue weighted by molar-refractivity contribution is 9.10. The van der Waals surface area contributed by atoms with Crippen molar-refractivity contribution in [3.63, 3.8) is 0 Å². The minimum Gasteiger partial charge on any atom is -0.493 e. The molecule has 128 valence electrons. The van der Waals surface area contributed by atoms with E-state index in [2.05, 4.69) is 25.9 Å². The van der Waals surface area contributed by atoms with Crippen molar-refractivity contribution in [1.29, 1.82) is 0 Å². The van der Waals surface area contributed by atoms with Crippen molar-refractivity contribution in [3.8, 4) is 17.1 Å². The first-order valence-corrected chi connectivity index (χ1v) is 8.72. The standard InChI is InChI=1S/C18H21BrN2O3/c1-5-8-24-14-7-6-12(11(4)22)9-13(14)17-20-16(10(2)3)15(19)18(23)21-17/h6-7,9-10H,5,8H2,1-4H3,(H,20,21,23). The monoisotopic (exact) mass is 392 g/mol. The van der Waals surface area contributed by atoms with Gasteiger partial charge in [-0.15, -0.1) is 0 Å². The molecule has 1 aromatic heterocycles. The van der Waals surface area contributed by atoms with E-state index < -0.39 is 0 Å². The molecular formula is C18H21BrN2O3. The Labute approximate surface area is 149 Å². The van der Waals surface area contributed by atoms with Crippen LogP contribution in [0.2, 0.25) is 0 Å². The Hall–Kier alpha value is -1.95. The fraction of sp³-hybridized carbons (Fsp3) is 0.389. The van der Waals surface area contributed by atoms with E-state index in [4.69, 9.17) is 4.74 Å². The van der Waals surface area contributed by atoms with Crippen LogP contribution in [0, 0.1) is 0 Å². The van der Waals surface area contributed by atoms with Gasteiger partial charge in [-0.05, 0) is 53.4 Å². The van der Waals surface area contributed by atoms with Gasteiger partial charge in [0.25, 0.3) is 5.56 Å². The molecule has 0 atom stereocenters. The number of carbonyl (C=O) groups is 1. The average Bonchev–Trinajstić information content (AvgIpc) is 2.54. The number of halogens is 1. The zero-order valence-corrected chi connectivity index (χ0v) is 15.9. The van der Waals surface area contributed by atoms with E-state index in [0.29, 0.717) is 39.5 Å². The molecule has 1 N–H and O–H groups in total. The summed E-state index contributed by atoms with van der Waals surface area (Å²) in [7, 11) is 0. The third-order valence-electron chi connectivity index (χ3n) is 3.54. The molecule has 1 heterocycles. The molecule has 0 saturated carbocycles. The van der Waals surface area contributed by atoms with Crippen LogP contribution in [-0.4, -0.2) is 22.4 Å². The van der Waals surface area contributed by atoms with Gasteiger partial charge in [0.1, 0.15) is 16.0 Å². The van der Waals surface area contributed by atoms with Crippen LogP contribution in [0.5, 0.6) is 5.75 Å². The minimum absolute atomic E-state index is 0.0539. The third-order valence-corrected chi connectivity index (χ3v) is 4.30. The molecule has 1 aromatic carbocycles. The van der Waals surface area contributed by atoms with Crippen molar-refractivity contribution in [2.24, 2.45) is 0 Å². The van der Waals surface area contributed by atoms with Crippen molar-refractivity contribution >= 4 is 21.7 Å². The fourth-order valence-electron chi connectivity index (χ4n) is 2.26. The van der Waals surface area contributed by atoms with E-state index in [1.54, 1.807) is 18.2 Å². The first-order valence-electron chi connectivity index (χ1n) is 7.93. The van der Waals surface area contributed by atoms with Crippen LogP contribution in [0.25, 0.3) is 11.4 Å². The van der Waals surface area contributed by atoms with Gasteiger partial charge in [-0.1, -0.05) is 20.8 Å². The number of rotatable bonds is 6. The number of benzene rings is 1. The molecule has 0 spiro atoms. The number of hydrogen-bond acceptors (Lipinski definition) is 4. The lowest BCUT2D eigenvalue weighted by Crippen LogP contribution is -2.15. The highest BCUT2D eigenvalue weighted by atomic mass is 79.9. The quantitative estimate of drug-likeness (QED) is 0.743. The topological polar surface area (TPSA) is 72.0 Å². The SMILES string of the molecule is CCCOc1ccc(C(C)=O)cc1-c1nc(C(C)C)c(Br)c(=O)[nH]1. The lowest BCUT2D eigenvalue weighted by molar-refractivity contribution is 0.101. The summed E-state index contributed by atoms with van der Waals surface area (Å²) in [6.07, 6.45) is 0.857. The zero-order valence-electron chi connectivity index (χ0n) is 14.3. The van der Waals surface area contributed by atoms with Gasteiger partial charge in [0.05, 0.1) is 17.9 Å². The molecule has 6 heteroatoms. The number of ketones is 1. The molecular weight excluding hydrogens is 372 g/mol. The second-order valence-corrected chi connectivity index (χ2v) is 6.68. The summed E-state index contributed by atoms with van der Waals surface area (Å²) >= 11 is 3.29. The van der Waals surface area contributed by atoms with Crippen LogP contribution >= 0.6 is 15.9 Å². The zero-order chi connectivity index (χ0) is 17.9. The first-order chi connectivity index (χ1) is 11.3. The molecule has 0 saturated heterocycles. The average molecular weight is 393 g/mol. The number of carbonyl (C=O) groups excluding carboxylic acids is 1. The van der Waals surface area contributed by atoms with Gasteiger partial charge >= 0.3 is 0 Å². The van der Waals surface area contributed by atoms with Crippen LogP contribution in [0.1, 0.15) is 56.1 Å². The molecule has 0 aliphatic rings. The maximum atomic E-state index is 12.2. The molecule has 24 heavy (non-hydrogen) atoms. The van der Waals surface area contributed by atoms with Gasteiger partial charge < -0.3 is 9.72 Å². The highest BCUT2D eigenvalue weighted by Gasteiger charge is 2.17. The Morgan fingerprint density at radius 3 is 2.67 bits per heavy atom. The summed E-state index contributed by atoms with van der Waals surface area (Å²) in [5, 5.41) is 0. The maximum absolute atomic E-state index is 12.2. The van der Waals surface area contributed by atoms with Crippen LogP contribution < -0.4 is 10.3 Å². The van der Waals surface area contributed by atoms with Gasteiger partial charge in [0.2, 0.25) is 0 Å². The highest BCUT2D eigenvalue weighted by Crippen LogP contribution is 2.30. The Balaban J connectivity index is 2.67. The smallest absolute Gasteiger partial charge is 0.265 e. The summed E-state index contributed by atoms with van der Waals surface area (Å²) < 4.78 is 6.19. The number of nitrogens with one attached hydrogen (secondary N) is 1. The number of Topliss-reactive ketones (excluding diaryl/α,β-unsaturated/α-hetero) is 1. The van der Waals surface area contributed by atoms with Crippen molar-refractivity contribution in [2.75, 3.05) is 6.61 Å². The molecule has 0 bridgehead atoms. The molecule has 0 fully saturated rings. The fourth-order valence-corrected chi connectivity index (χ4v) is 2.90. The number of ether oxygens (including phenoxy) is 1. The van der Waals surface area contributed by atoms with E-state index in [9.17, 15) is 9.59 Å². The molecule has 0 aliphatic carbocycles. The van der Waals surface area contributed by atoms with E-state index in [-0.39, 0.29) is 17.3 Å². The lowest BCUT2D eigenvalue weighted by Gasteiger charge is -2.14. The normalized spacial score (nSPS) is 10.9. The lowest BCUT2D eigenvalue weighted by atomic mass is 10.1. The first kappa shape index (κ1) is 18.4. The van der Waals surface area contributed by atoms with Crippen LogP contribution in [0.15, 0.2) is 27.5 Å². The molecule has 5 nitrogen and oxygen atoms in total.